The zero-order valence-electron chi connectivity index (χ0n) is 13.9. The van der Waals surface area contributed by atoms with E-state index in [0.717, 1.165) is 0 Å². The first kappa shape index (κ1) is 18.1. The van der Waals surface area contributed by atoms with Crippen LogP contribution in [0.4, 0.5) is 4.39 Å². The van der Waals surface area contributed by atoms with Gasteiger partial charge in [-0.05, 0) is 36.8 Å². The van der Waals surface area contributed by atoms with Gasteiger partial charge in [0.05, 0.1) is 22.6 Å². The Kier molecular flexibility index (Phi) is 5.05. The van der Waals surface area contributed by atoms with E-state index in [-0.39, 0.29) is 36.7 Å². The van der Waals surface area contributed by atoms with Crippen LogP contribution in [0.5, 0.6) is 0 Å². The van der Waals surface area contributed by atoms with Crippen molar-refractivity contribution in [2.24, 2.45) is 0 Å². The number of nitrogens with zero attached hydrogens (tertiary/aromatic N) is 2. The highest BCUT2D eigenvalue weighted by molar-refractivity contribution is 7.91. The summed E-state index contributed by atoms with van der Waals surface area (Å²) in [5.41, 5.74) is 0.991. The molecule has 0 aromatic heterocycles. The normalized spacial score (nSPS) is 19.4. The minimum absolute atomic E-state index is 0.0616. The zero-order chi connectivity index (χ0) is 18.7. The third-order valence-electron chi connectivity index (χ3n) is 4.54. The molecule has 5 nitrogen and oxygen atoms in total. The Morgan fingerprint density at radius 3 is 2.46 bits per heavy atom. The second-order valence-corrected chi connectivity index (χ2v) is 8.45. The predicted octanol–water partition coefficient (Wildman–Crippen LogP) is 2.70. The number of rotatable bonds is 2. The minimum atomic E-state index is -3.57. The molecule has 1 aliphatic rings. The van der Waals surface area contributed by atoms with Crippen molar-refractivity contribution in [3.05, 3.63) is 71.0 Å². The summed E-state index contributed by atoms with van der Waals surface area (Å²) < 4.78 is 39.3. The lowest BCUT2D eigenvalue weighted by molar-refractivity contribution is 0.0766. The Bertz CT molecular complexity index is 965. The first-order chi connectivity index (χ1) is 12.4. The lowest BCUT2D eigenvalue weighted by atomic mass is 10.1. The maximum atomic E-state index is 14.1. The molecular weight excluding hydrogens is 355 g/mol. The molecule has 0 saturated carbocycles. The van der Waals surface area contributed by atoms with Crippen LogP contribution in [-0.4, -0.2) is 38.1 Å². The maximum absolute atomic E-state index is 14.1. The molecule has 2 aromatic rings. The summed E-state index contributed by atoms with van der Waals surface area (Å²) in [7, 11) is -3.57. The summed E-state index contributed by atoms with van der Waals surface area (Å²) in [4.78, 5) is 14.1. The smallest absolute Gasteiger partial charge is 0.253 e. The second kappa shape index (κ2) is 7.26. The van der Waals surface area contributed by atoms with Crippen LogP contribution in [0.1, 0.15) is 33.2 Å². The number of halogens is 1. The zero-order valence-corrected chi connectivity index (χ0v) is 14.7. The van der Waals surface area contributed by atoms with Crippen molar-refractivity contribution >= 4 is 15.7 Å². The third-order valence-corrected chi connectivity index (χ3v) is 6.65. The summed E-state index contributed by atoms with van der Waals surface area (Å²) in [6.45, 7) is 0.281. The SMILES string of the molecule is N#Cc1ccc(C(=O)N2CCC(c3ccccc3F)S(=O)(=O)CC2)cc1. The molecule has 26 heavy (non-hydrogen) atoms. The van der Waals surface area contributed by atoms with Crippen molar-refractivity contribution in [2.45, 2.75) is 11.7 Å². The molecule has 134 valence electrons. The molecule has 1 atom stereocenters. The molecule has 1 fully saturated rings. The van der Waals surface area contributed by atoms with Gasteiger partial charge in [0.15, 0.2) is 9.84 Å². The van der Waals surface area contributed by atoms with Crippen LogP contribution in [0.3, 0.4) is 0 Å². The van der Waals surface area contributed by atoms with Crippen molar-refractivity contribution in [3.63, 3.8) is 0 Å². The van der Waals surface area contributed by atoms with E-state index < -0.39 is 20.9 Å². The number of benzene rings is 2. The fourth-order valence-corrected chi connectivity index (χ4v) is 4.90. The fourth-order valence-electron chi connectivity index (χ4n) is 3.10. The Balaban J connectivity index is 1.83. The summed E-state index contributed by atoms with van der Waals surface area (Å²) in [6, 6.07) is 14.0. The van der Waals surface area contributed by atoms with Gasteiger partial charge in [0.2, 0.25) is 0 Å². The molecule has 0 aliphatic carbocycles. The van der Waals surface area contributed by atoms with Gasteiger partial charge in [-0.15, -0.1) is 0 Å². The molecule has 0 N–H and O–H groups in total. The minimum Gasteiger partial charge on any atom is -0.338 e. The molecule has 1 aliphatic heterocycles. The van der Waals surface area contributed by atoms with Crippen molar-refractivity contribution < 1.29 is 17.6 Å². The highest BCUT2D eigenvalue weighted by Gasteiger charge is 2.34. The average Bonchev–Trinajstić information content (AvgIpc) is 2.80. The number of carbonyl (C=O) groups excluding carboxylic acids is 1. The summed E-state index contributed by atoms with van der Waals surface area (Å²) >= 11 is 0. The molecule has 1 saturated heterocycles. The first-order valence-electron chi connectivity index (χ1n) is 8.18. The lowest BCUT2D eigenvalue weighted by Gasteiger charge is -2.20. The van der Waals surface area contributed by atoms with Crippen LogP contribution in [0.2, 0.25) is 0 Å². The van der Waals surface area contributed by atoms with Crippen LogP contribution in [0.15, 0.2) is 48.5 Å². The van der Waals surface area contributed by atoms with Crippen molar-refractivity contribution in [1.82, 2.24) is 4.90 Å². The van der Waals surface area contributed by atoms with Crippen LogP contribution in [0.25, 0.3) is 0 Å². The number of hydrogen-bond donors (Lipinski definition) is 0. The molecular formula is C19H17FN2O3S. The number of hydrogen-bond acceptors (Lipinski definition) is 4. The molecule has 1 amide bonds. The molecule has 7 heteroatoms. The van der Waals surface area contributed by atoms with Crippen LogP contribution in [-0.2, 0) is 9.84 Å². The molecule has 1 unspecified atom stereocenters. The fraction of sp³-hybridized carbons (Fsp3) is 0.263. The van der Waals surface area contributed by atoms with Gasteiger partial charge in [-0.1, -0.05) is 18.2 Å². The van der Waals surface area contributed by atoms with E-state index in [9.17, 15) is 17.6 Å². The van der Waals surface area contributed by atoms with Gasteiger partial charge in [0, 0.05) is 24.2 Å². The Labute approximate surface area is 151 Å². The Hall–Kier alpha value is -2.72. The van der Waals surface area contributed by atoms with E-state index in [2.05, 4.69) is 0 Å². The van der Waals surface area contributed by atoms with E-state index in [1.807, 2.05) is 6.07 Å². The van der Waals surface area contributed by atoms with E-state index in [0.29, 0.717) is 11.1 Å². The van der Waals surface area contributed by atoms with Gasteiger partial charge in [0.25, 0.3) is 5.91 Å². The third kappa shape index (κ3) is 3.60. The van der Waals surface area contributed by atoms with Gasteiger partial charge in [-0.25, -0.2) is 12.8 Å². The standard InChI is InChI=1S/C19H17FN2O3S/c20-17-4-2-1-3-16(17)18-9-10-22(11-12-26(18,24)25)19(23)15-7-5-14(13-21)6-8-15/h1-8,18H,9-12H2. The lowest BCUT2D eigenvalue weighted by Crippen LogP contribution is -2.33. The van der Waals surface area contributed by atoms with Gasteiger partial charge in [0.1, 0.15) is 5.82 Å². The van der Waals surface area contributed by atoms with Crippen LogP contribution in [0, 0.1) is 17.1 Å². The number of carbonyl (C=O) groups is 1. The van der Waals surface area contributed by atoms with Crippen LogP contribution < -0.4 is 0 Å². The Morgan fingerprint density at radius 1 is 1.12 bits per heavy atom. The molecule has 0 spiro atoms. The highest BCUT2D eigenvalue weighted by atomic mass is 32.2. The van der Waals surface area contributed by atoms with Crippen molar-refractivity contribution in [2.75, 3.05) is 18.8 Å². The molecule has 0 radical (unpaired) electrons. The number of nitriles is 1. The molecule has 3 rings (SSSR count). The summed E-state index contributed by atoms with van der Waals surface area (Å²) in [5.74, 6) is -1.06. The summed E-state index contributed by atoms with van der Waals surface area (Å²) in [5, 5.41) is 7.87. The molecule has 0 bridgehead atoms. The van der Waals surface area contributed by atoms with Gasteiger partial charge >= 0.3 is 0 Å². The molecule has 1 heterocycles. The van der Waals surface area contributed by atoms with Crippen molar-refractivity contribution in [1.29, 1.82) is 5.26 Å². The second-order valence-electron chi connectivity index (χ2n) is 6.15. The van der Waals surface area contributed by atoms with Crippen LogP contribution >= 0.6 is 0 Å². The van der Waals surface area contributed by atoms with E-state index in [1.165, 1.54) is 23.1 Å². The van der Waals surface area contributed by atoms with Gasteiger partial charge < -0.3 is 4.90 Å². The topological polar surface area (TPSA) is 78.2 Å². The maximum Gasteiger partial charge on any atom is 0.253 e. The quantitative estimate of drug-likeness (QED) is 0.812. The average molecular weight is 372 g/mol. The van der Waals surface area contributed by atoms with Gasteiger partial charge in [-0.3, -0.25) is 4.79 Å². The Morgan fingerprint density at radius 2 is 1.81 bits per heavy atom. The number of amides is 1. The predicted molar refractivity (Wildman–Crippen MR) is 94.6 cm³/mol. The highest BCUT2D eigenvalue weighted by Crippen LogP contribution is 2.31. The molecule has 2 aromatic carbocycles. The van der Waals surface area contributed by atoms with Crippen molar-refractivity contribution in [3.8, 4) is 6.07 Å². The van der Waals surface area contributed by atoms with E-state index in [4.69, 9.17) is 5.26 Å². The summed E-state index contributed by atoms with van der Waals surface area (Å²) in [6.07, 6.45) is 0.144. The van der Waals surface area contributed by atoms with E-state index >= 15 is 0 Å². The largest absolute Gasteiger partial charge is 0.338 e. The monoisotopic (exact) mass is 372 g/mol. The first-order valence-corrected chi connectivity index (χ1v) is 9.89. The number of sulfone groups is 1. The van der Waals surface area contributed by atoms with Gasteiger partial charge in [-0.2, -0.15) is 5.26 Å². The van der Waals surface area contributed by atoms with E-state index in [1.54, 1.807) is 30.3 Å².